The van der Waals surface area contributed by atoms with Crippen LogP contribution in [0.4, 0.5) is 5.82 Å². The van der Waals surface area contributed by atoms with Crippen molar-refractivity contribution >= 4 is 11.7 Å². The van der Waals surface area contributed by atoms with Crippen LogP contribution in [0.5, 0.6) is 0 Å². The van der Waals surface area contributed by atoms with Crippen molar-refractivity contribution in [1.82, 2.24) is 15.2 Å². The van der Waals surface area contributed by atoms with Crippen molar-refractivity contribution in [1.29, 1.82) is 0 Å². The van der Waals surface area contributed by atoms with Crippen LogP contribution < -0.4 is 10.2 Å². The summed E-state index contributed by atoms with van der Waals surface area (Å²) in [4.78, 5) is 22.2. The first-order valence-corrected chi connectivity index (χ1v) is 10.5. The Kier molecular flexibility index (Phi) is 7.43. The summed E-state index contributed by atoms with van der Waals surface area (Å²) in [5.74, 6) is 0.778. The molecule has 1 unspecified atom stereocenters. The summed E-state index contributed by atoms with van der Waals surface area (Å²) in [6, 6.07) is 14.3. The van der Waals surface area contributed by atoms with Crippen molar-refractivity contribution in [3.63, 3.8) is 0 Å². The molecule has 1 atom stereocenters. The van der Waals surface area contributed by atoms with Crippen LogP contribution in [0.2, 0.25) is 0 Å². The van der Waals surface area contributed by atoms with Crippen LogP contribution in [0.3, 0.4) is 0 Å². The van der Waals surface area contributed by atoms with Crippen molar-refractivity contribution < 1.29 is 4.79 Å². The maximum absolute atomic E-state index is 13.0. The van der Waals surface area contributed by atoms with E-state index in [1.54, 1.807) is 6.20 Å². The third-order valence-corrected chi connectivity index (χ3v) is 5.58. The van der Waals surface area contributed by atoms with Crippen LogP contribution in [0.25, 0.3) is 0 Å². The number of pyridine rings is 1. The zero-order valence-corrected chi connectivity index (χ0v) is 17.1. The van der Waals surface area contributed by atoms with Gasteiger partial charge in [0.15, 0.2) is 0 Å². The van der Waals surface area contributed by atoms with Crippen LogP contribution in [0.15, 0.2) is 48.7 Å². The Hall–Kier alpha value is -2.40. The van der Waals surface area contributed by atoms with Crippen molar-refractivity contribution in [3.05, 3.63) is 59.8 Å². The van der Waals surface area contributed by atoms with Gasteiger partial charge in [-0.05, 0) is 50.0 Å². The number of nitrogens with zero attached hydrogens (tertiary/aromatic N) is 3. The highest BCUT2D eigenvalue weighted by Gasteiger charge is 2.22. The molecular weight excluding hydrogens is 348 g/mol. The third kappa shape index (κ3) is 4.90. The van der Waals surface area contributed by atoms with Gasteiger partial charge in [0.1, 0.15) is 5.82 Å². The molecule has 0 spiro atoms. The number of aromatic nitrogens is 1. The molecule has 2 aromatic rings. The number of likely N-dealkylation sites (N-methyl/N-ethyl adjacent to an activating group) is 1. The first-order valence-electron chi connectivity index (χ1n) is 10.5. The summed E-state index contributed by atoms with van der Waals surface area (Å²) in [5.41, 5.74) is 1.91. The van der Waals surface area contributed by atoms with Gasteiger partial charge in [0.05, 0.1) is 11.6 Å². The van der Waals surface area contributed by atoms with E-state index in [1.807, 2.05) is 18.2 Å². The Bertz CT molecular complexity index is 739. The fourth-order valence-electron chi connectivity index (χ4n) is 4.01. The Labute approximate surface area is 168 Å². The van der Waals surface area contributed by atoms with E-state index in [2.05, 4.69) is 58.2 Å². The molecule has 0 saturated carbocycles. The average molecular weight is 381 g/mol. The molecular formula is C23H32N4O. The van der Waals surface area contributed by atoms with Gasteiger partial charge in [-0.15, -0.1) is 0 Å². The first kappa shape index (κ1) is 20.3. The van der Waals surface area contributed by atoms with Gasteiger partial charge >= 0.3 is 0 Å². The van der Waals surface area contributed by atoms with Gasteiger partial charge in [-0.25, -0.2) is 4.98 Å². The maximum Gasteiger partial charge on any atom is 0.255 e. The molecule has 0 radical (unpaired) electrons. The summed E-state index contributed by atoms with van der Waals surface area (Å²) in [6.07, 6.45) is 5.36. The van der Waals surface area contributed by atoms with Gasteiger partial charge in [0.25, 0.3) is 5.91 Å². The highest BCUT2D eigenvalue weighted by atomic mass is 16.1. The number of carbonyl (C=O) groups excluding carboxylic acids is 1. The van der Waals surface area contributed by atoms with Crippen LogP contribution in [-0.4, -0.2) is 48.5 Å². The van der Waals surface area contributed by atoms with E-state index in [9.17, 15) is 4.79 Å². The largest absolute Gasteiger partial charge is 0.356 e. The second kappa shape index (κ2) is 10.2. The summed E-state index contributed by atoms with van der Waals surface area (Å²) in [7, 11) is 0. The minimum absolute atomic E-state index is 0.0400. The molecule has 1 N–H and O–H groups in total. The normalized spacial score (nSPS) is 15.5. The molecule has 1 amide bonds. The second-order valence-corrected chi connectivity index (χ2v) is 7.28. The van der Waals surface area contributed by atoms with E-state index in [0.29, 0.717) is 12.1 Å². The fourth-order valence-corrected chi connectivity index (χ4v) is 4.01. The number of hydrogen-bond donors (Lipinski definition) is 1. The zero-order chi connectivity index (χ0) is 19.8. The quantitative estimate of drug-likeness (QED) is 0.755. The lowest BCUT2D eigenvalue weighted by Gasteiger charge is -2.31. The summed E-state index contributed by atoms with van der Waals surface area (Å²) in [5, 5.41) is 3.18. The van der Waals surface area contributed by atoms with Gasteiger partial charge < -0.3 is 10.2 Å². The molecule has 5 nitrogen and oxygen atoms in total. The fraction of sp³-hybridized carbons (Fsp3) is 0.478. The number of piperidine rings is 1. The molecule has 1 saturated heterocycles. The van der Waals surface area contributed by atoms with E-state index in [4.69, 9.17) is 0 Å². The summed E-state index contributed by atoms with van der Waals surface area (Å²) < 4.78 is 0. The summed E-state index contributed by atoms with van der Waals surface area (Å²) >= 11 is 0. The van der Waals surface area contributed by atoms with Gasteiger partial charge in [0.2, 0.25) is 0 Å². The number of benzene rings is 1. The van der Waals surface area contributed by atoms with E-state index >= 15 is 0 Å². The lowest BCUT2D eigenvalue weighted by atomic mass is 10.0. The van der Waals surface area contributed by atoms with Gasteiger partial charge in [0, 0.05) is 25.8 Å². The van der Waals surface area contributed by atoms with E-state index in [-0.39, 0.29) is 11.9 Å². The molecule has 2 heterocycles. The highest BCUT2D eigenvalue weighted by Crippen LogP contribution is 2.23. The minimum Gasteiger partial charge on any atom is -0.356 e. The van der Waals surface area contributed by atoms with Crippen molar-refractivity contribution in [2.75, 3.05) is 37.6 Å². The molecule has 1 aromatic heterocycles. The highest BCUT2D eigenvalue weighted by molar-refractivity contribution is 5.98. The molecule has 5 heteroatoms. The van der Waals surface area contributed by atoms with Crippen LogP contribution in [0, 0.1) is 0 Å². The first-order chi connectivity index (χ1) is 13.7. The Balaban J connectivity index is 1.74. The number of carbonyl (C=O) groups is 1. The molecule has 3 rings (SSSR count). The monoisotopic (exact) mass is 380 g/mol. The lowest BCUT2D eigenvalue weighted by molar-refractivity contribution is 0.0935. The van der Waals surface area contributed by atoms with Gasteiger partial charge in [-0.2, -0.15) is 0 Å². The molecule has 28 heavy (non-hydrogen) atoms. The Morgan fingerprint density at radius 3 is 2.46 bits per heavy atom. The van der Waals surface area contributed by atoms with E-state index in [1.165, 1.54) is 12.0 Å². The maximum atomic E-state index is 13.0. The third-order valence-electron chi connectivity index (χ3n) is 5.58. The number of rotatable bonds is 8. The topological polar surface area (TPSA) is 48.5 Å². The number of anilines is 1. The van der Waals surface area contributed by atoms with Crippen molar-refractivity contribution in [2.45, 2.75) is 39.2 Å². The predicted octanol–water partition coefficient (Wildman–Crippen LogP) is 3.88. The van der Waals surface area contributed by atoms with Crippen LogP contribution >= 0.6 is 0 Å². The van der Waals surface area contributed by atoms with Crippen LogP contribution in [0.1, 0.15) is 55.1 Å². The number of nitrogens with one attached hydrogen (secondary N) is 1. The average Bonchev–Trinajstić information content (AvgIpc) is 2.77. The zero-order valence-electron chi connectivity index (χ0n) is 17.1. The molecule has 1 aromatic carbocycles. The molecule has 1 aliphatic rings. The Morgan fingerprint density at radius 2 is 1.79 bits per heavy atom. The number of hydrogen-bond acceptors (Lipinski definition) is 4. The molecule has 1 aliphatic heterocycles. The van der Waals surface area contributed by atoms with Crippen molar-refractivity contribution in [2.24, 2.45) is 0 Å². The molecule has 150 valence electrons. The van der Waals surface area contributed by atoms with E-state index < -0.39 is 0 Å². The SMILES string of the molecule is CCN(CC)C(CNC(=O)c1cccnc1N1CCCCC1)c1ccccc1. The van der Waals surface area contributed by atoms with Gasteiger partial charge in [-0.3, -0.25) is 9.69 Å². The molecule has 0 bridgehead atoms. The summed E-state index contributed by atoms with van der Waals surface area (Å²) in [6.45, 7) is 8.75. The molecule has 1 fully saturated rings. The predicted molar refractivity (Wildman–Crippen MR) is 115 cm³/mol. The number of amides is 1. The minimum atomic E-state index is -0.0400. The standard InChI is InChI=1S/C23H32N4O/c1-3-26(4-2)21(19-12-7-5-8-13-19)18-25-23(28)20-14-11-15-24-22(20)27-16-9-6-10-17-27/h5,7-8,11-15,21H,3-4,6,9-10,16-18H2,1-2H3,(H,25,28). The second-order valence-electron chi connectivity index (χ2n) is 7.28. The molecule has 0 aliphatic carbocycles. The van der Waals surface area contributed by atoms with Crippen LogP contribution in [-0.2, 0) is 0 Å². The lowest BCUT2D eigenvalue weighted by Crippen LogP contribution is -2.39. The van der Waals surface area contributed by atoms with Gasteiger partial charge in [-0.1, -0.05) is 44.2 Å². The van der Waals surface area contributed by atoms with Crippen molar-refractivity contribution in [3.8, 4) is 0 Å². The van der Waals surface area contributed by atoms with E-state index in [0.717, 1.165) is 44.8 Å². The smallest absolute Gasteiger partial charge is 0.255 e. The Morgan fingerprint density at radius 1 is 1.07 bits per heavy atom.